The van der Waals surface area contributed by atoms with Crippen LogP contribution in [0.25, 0.3) is 22.1 Å². The summed E-state index contributed by atoms with van der Waals surface area (Å²) in [6.45, 7) is 4.35. The van der Waals surface area contributed by atoms with E-state index in [0.29, 0.717) is 5.92 Å². The number of hydrogen-bond donors (Lipinski definition) is 3. The van der Waals surface area contributed by atoms with E-state index >= 15 is 0 Å². The summed E-state index contributed by atoms with van der Waals surface area (Å²) < 4.78 is 0. The minimum atomic E-state index is -0.183. The predicted octanol–water partition coefficient (Wildman–Crippen LogP) is 2.64. The smallest absolute Gasteiger partial charge is 0.323 e. The lowest BCUT2D eigenvalue weighted by Gasteiger charge is -2.04. The van der Waals surface area contributed by atoms with E-state index in [-0.39, 0.29) is 5.69 Å². The maximum absolute atomic E-state index is 11.2. The Morgan fingerprint density at radius 1 is 1.17 bits per heavy atom. The Labute approximate surface area is 104 Å². The normalized spacial score (nSPS) is 13.4. The number of nitrogens with zero attached hydrogens (tertiary/aromatic N) is 1. The molecule has 2 heterocycles. The van der Waals surface area contributed by atoms with Crippen LogP contribution in [0.1, 0.15) is 38.4 Å². The van der Waals surface area contributed by atoms with Crippen molar-refractivity contribution in [3.63, 3.8) is 0 Å². The Kier molecular flexibility index (Phi) is 2.47. The molecule has 2 aromatic heterocycles. The Morgan fingerprint density at radius 2 is 1.89 bits per heavy atom. The predicted molar refractivity (Wildman–Crippen MR) is 71.9 cm³/mol. The molecule has 1 atom stereocenters. The van der Waals surface area contributed by atoms with Crippen molar-refractivity contribution in [3.8, 4) is 0 Å². The van der Waals surface area contributed by atoms with Gasteiger partial charge in [0.2, 0.25) is 0 Å². The summed E-state index contributed by atoms with van der Waals surface area (Å²) in [6.07, 6.45) is 2.26. The van der Waals surface area contributed by atoms with Gasteiger partial charge in [-0.05, 0) is 18.6 Å². The van der Waals surface area contributed by atoms with E-state index in [1.807, 2.05) is 12.1 Å². The molecule has 3 N–H and O–H groups in total. The topological polar surface area (TPSA) is 77.3 Å². The van der Waals surface area contributed by atoms with Crippen LogP contribution >= 0.6 is 0 Å². The van der Waals surface area contributed by atoms with Crippen LogP contribution in [0.3, 0.4) is 0 Å². The summed E-state index contributed by atoms with van der Waals surface area (Å²) in [6, 6.07) is 3.83. The zero-order valence-corrected chi connectivity index (χ0v) is 10.5. The first-order valence-corrected chi connectivity index (χ1v) is 6.29. The lowest BCUT2D eigenvalue weighted by molar-refractivity contribution is 0.636. The first-order valence-electron chi connectivity index (χ1n) is 6.29. The molecule has 0 radical (unpaired) electrons. The average Bonchev–Trinajstić information content (AvgIpc) is 2.87. The van der Waals surface area contributed by atoms with Gasteiger partial charge in [-0.3, -0.25) is 0 Å². The highest BCUT2D eigenvalue weighted by molar-refractivity contribution is 5.91. The fraction of sp³-hybridized carbons (Fsp3) is 0.385. The Hall–Kier alpha value is -2.04. The summed E-state index contributed by atoms with van der Waals surface area (Å²) in [5, 5.41) is 0. The van der Waals surface area contributed by atoms with Gasteiger partial charge < -0.3 is 15.0 Å². The first kappa shape index (κ1) is 11.1. The third kappa shape index (κ3) is 1.72. The molecule has 0 bridgehead atoms. The van der Waals surface area contributed by atoms with E-state index in [9.17, 15) is 4.79 Å². The van der Waals surface area contributed by atoms with Crippen molar-refractivity contribution in [2.45, 2.75) is 32.6 Å². The van der Waals surface area contributed by atoms with Crippen molar-refractivity contribution in [3.05, 3.63) is 28.4 Å². The highest BCUT2D eigenvalue weighted by Gasteiger charge is 2.11. The van der Waals surface area contributed by atoms with Crippen molar-refractivity contribution in [1.29, 1.82) is 0 Å². The molecular formula is C13H16N4O. The molecule has 18 heavy (non-hydrogen) atoms. The second-order valence-electron chi connectivity index (χ2n) is 4.81. The van der Waals surface area contributed by atoms with Crippen LogP contribution in [0.5, 0.6) is 0 Å². The lowest BCUT2D eigenvalue weighted by atomic mass is 10.1. The summed E-state index contributed by atoms with van der Waals surface area (Å²) in [4.78, 5) is 24.6. The summed E-state index contributed by atoms with van der Waals surface area (Å²) in [5.41, 5.74) is 3.29. The van der Waals surface area contributed by atoms with Gasteiger partial charge in [0.25, 0.3) is 0 Å². The van der Waals surface area contributed by atoms with Crippen molar-refractivity contribution in [2.24, 2.45) is 0 Å². The molecule has 0 aliphatic rings. The largest absolute Gasteiger partial charge is 0.342 e. The molecule has 0 amide bonds. The summed E-state index contributed by atoms with van der Waals surface area (Å²) in [5.74, 6) is 1.45. The van der Waals surface area contributed by atoms with Gasteiger partial charge in [0.05, 0.1) is 22.1 Å². The third-order valence-corrected chi connectivity index (χ3v) is 3.32. The van der Waals surface area contributed by atoms with E-state index in [2.05, 4.69) is 33.8 Å². The van der Waals surface area contributed by atoms with Crippen molar-refractivity contribution >= 4 is 22.1 Å². The fourth-order valence-corrected chi connectivity index (χ4v) is 2.36. The number of rotatable bonds is 3. The third-order valence-electron chi connectivity index (χ3n) is 3.32. The highest BCUT2D eigenvalue weighted by atomic mass is 16.1. The number of imidazole rings is 2. The molecule has 0 spiro atoms. The monoisotopic (exact) mass is 244 g/mol. The SMILES string of the molecule is CCC[C@H](C)c1nc2cc3[nH]c(=O)[nH]c3cc2[nH]1. The number of aromatic amines is 3. The number of fused-ring (bicyclic) bond motifs is 2. The first-order chi connectivity index (χ1) is 8.67. The van der Waals surface area contributed by atoms with Crippen molar-refractivity contribution in [1.82, 2.24) is 19.9 Å². The van der Waals surface area contributed by atoms with Crippen LogP contribution < -0.4 is 5.69 Å². The maximum Gasteiger partial charge on any atom is 0.323 e. The van der Waals surface area contributed by atoms with E-state index < -0.39 is 0 Å². The molecule has 3 rings (SSSR count). The van der Waals surface area contributed by atoms with Gasteiger partial charge in [0.15, 0.2) is 0 Å². The van der Waals surface area contributed by atoms with E-state index in [1.54, 1.807) is 0 Å². The van der Waals surface area contributed by atoms with Gasteiger partial charge in [-0.1, -0.05) is 20.3 Å². The zero-order valence-electron chi connectivity index (χ0n) is 10.5. The van der Waals surface area contributed by atoms with Crippen LogP contribution in [0.4, 0.5) is 0 Å². The lowest BCUT2D eigenvalue weighted by Crippen LogP contribution is -1.99. The molecule has 0 saturated carbocycles. The van der Waals surface area contributed by atoms with Crippen molar-refractivity contribution in [2.75, 3.05) is 0 Å². The van der Waals surface area contributed by atoms with Crippen LogP contribution in [-0.4, -0.2) is 19.9 Å². The van der Waals surface area contributed by atoms with Gasteiger partial charge in [-0.2, -0.15) is 0 Å². The Bertz CT molecular complexity index is 695. The quantitative estimate of drug-likeness (QED) is 0.662. The maximum atomic E-state index is 11.2. The minimum Gasteiger partial charge on any atom is -0.342 e. The van der Waals surface area contributed by atoms with Crippen LogP contribution in [0.15, 0.2) is 16.9 Å². The van der Waals surface area contributed by atoms with Gasteiger partial charge in [0, 0.05) is 5.92 Å². The minimum absolute atomic E-state index is 0.183. The molecule has 0 unspecified atom stereocenters. The molecule has 1 aromatic carbocycles. The molecule has 3 aromatic rings. The summed E-state index contributed by atoms with van der Waals surface area (Å²) in [7, 11) is 0. The molecule has 0 saturated heterocycles. The number of nitrogens with one attached hydrogen (secondary N) is 3. The number of benzene rings is 1. The van der Waals surface area contributed by atoms with E-state index in [1.165, 1.54) is 0 Å². The number of aromatic nitrogens is 4. The second-order valence-corrected chi connectivity index (χ2v) is 4.81. The highest BCUT2D eigenvalue weighted by Crippen LogP contribution is 2.23. The molecule has 5 nitrogen and oxygen atoms in total. The van der Waals surface area contributed by atoms with E-state index in [4.69, 9.17) is 0 Å². The van der Waals surface area contributed by atoms with Crippen LogP contribution in [0, 0.1) is 0 Å². The van der Waals surface area contributed by atoms with Crippen LogP contribution in [-0.2, 0) is 0 Å². The molecular weight excluding hydrogens is 228 g/mol. The van der Waals surface area contributed by atoms with Crippen molar-refractivity contribution < 1.29 is 0 Å². The Morgan fingerprint density at radius 3 is 2.61 bits per heavy atom. The van der Waals surface area contributed by atoms with Crippen LogP contribution in [0.2, 0.25) is 0 Å². The van der Waals surface area contributed by atoms with E-state index in [0.717, 1.165) is 40.7 Å². The van der Waals surface area contributed by atoms with Gasteiger partial charge in [-0.25, -0.2) is 9.78 Å². The molecule has 0 aliphatic carbocycles. The van der Waals surface area contributed by atoms with Gasteiger partial charge in [0.1, 0.15) is 5.82 Å². The van der Waals surface area contributed by atoms with Gasteiger partial charge >= 0.3 is 5.69 Å². The standard InChI is InChI=1S/C13H16N4O/c1-3-4-7(2)12-14-8-5-10-11(6-9(8)15-12)17-13(18)16-10/h5-7H,3-4H2,1-2H3,(H,14,15)(H2,16,17,18)/t7-/m0/s1. The molecule has 0 fully saturated rings. The molecule has 94 valence electrons. The number of H-pyrrole nitrogens is 3. The second kappa shape index (κ2) is 4.01. The fourth-order valence-electron chi connectivity index (χ4n) is 2.36. The summed E-state index contributed by atoms with van der Waals surface area (Å²) >= 11 is 0. The zero-order chi connectivity index (χ0) is 12.7. The molecule has 0 aliphatic heterocycles. The molecule has 5 heteroatoms. The van der Waals surface area contributed by atoms with Gasteiger partial charge in [-0.15, -0.1) is 0 Å². The number of hydrogen-bond acceptors (Lipinski definition) is 2. The average molecular weight is 244 g/mol. The Balaban J connectivity index is 2.14.